The minimum atomic E-state index is 0.173. The van der Waals surface area contributed by atoms with Gasteiger partial charge in [-0.3, -0.25) is 4.79 Å². The molecule has 2 aliphatic rings. The molecule has 2 bridgehead atoms. The van der Waals surface area contributed by atoms with Gasteiger partial charge in [-0.1, -0.05) is 6.08 Å². The summed E-state index contributed by atoms with van der Waals surface area (Å²) in [6.45, 7) is 1.88. The molecule has 2 unspecified atom stereocenters. The van der Waals surface area contributed by atoms with Crippen LogP contribution in [-0.2, 0) is 4.79 Å². The number of fused-ring (bicyclic) bond motifs is 2. The second kappa shape index (κ2) is 3.73. The van der Waals surface area contributed by atoms with Gasteiger partial charge in [-0.15, -0.1) is 0 Å². The maximum atomic E-state index is 11.8. The van der Waals surface area contributed by atoms with Gasteiger partial charge in [0.05, 0.1) is 0 Å². The van der Waals surface area contributed by atoms with Gasteiger partial charge in [0, 0.05) is 18.1 Å². The van der Waals surface area contributed by atoms with E-state index in [0.29, 0.717) is 18.1 Å². The van der Waals surface area contributed by atoms with Gasteiger partial charge in [0.2, 0.25) is 5.91 Å². The average molecular weight is 194 g/mol. The number of allylic oxidation sites excluding steroid dienone is 1. The molecular formula is C11H18N2O. The quantitative estimate of drug-likeness (QED) is 0.634. The molecule has 1 amide bonds. The molecule has 2 fully saturated rings. The number of amides is 1. The molecule has 0 aromatic heterocycles. The first-order valence-corrected chi connectivity index (χ1v) is 5.43. The summed E-state index contributed by atoms with van der Waals surface area (Å²) < 4.78 is 0. The number of carbonyl (C=O) groups excluding carboxylic acids is 1. The minimum Gasteiger partial charge on any atom is -0.333 e. The number of nitrogens with zero attached hydrogens (tertiary/aromatic N) is 1. The van der Waals surface area contributed by atoms with Crippen LogP contribution in [0.25, 0.3) is 0 Å². The van der Waals surface area contributed by atoms with Gasteiger partial charge in [0.25, 0.3) is 0 Å². The van der Waals surface area contributed by atoms with Crippen molar-refractivity contribution in [2.75, 3.05) is 0 Å². The number of hydrogen-bond acceptors (Lipinski definition) is 2. The van der Waals surface area contributed by atoms with Crippen LogP contribution in [0.4, 0.5) is 0 Å². The van der Waals surface area contributed by atoms with Gasteiger partial charge in [0.15, 0.2) is 0 Å². The highest BCUT2D eigenvalue weighted by Gasteiger charge is 2.41. The first kappa shape index (κ1) is 9.71. The van der Waals surface area contributed by atoms with E-state index < -0.39 is 0 Å². The fourth-order valence-electron chi connectivity index (χ4n) is 2.81. The maximum Gasteiger partial charge on any atom is 0.246 e. The predicted octanol–water partition coefficient (Wildman–Crippen LogP) is 1.04. The van der Waals surface area contributed by atoms with Crippen molar-refractivity contribution in [1.82, 2.24) is 4.90 Å². The Morgan fingerprint density at radius 2 is 1.93 bits per heavy atom. The molecule has 0 aromatic carbocycles. The Balaban J connectivity index is 2.11. The largest absolute Gasteiger partial charge is 0.333 e. The Morgan fingerprint density at radius 1 is 1.36 bits per heavy atom. The van der Waals surface area contributed by atoms with Crippen LogP contribution in [0.5, 0.6) is 0 Å². The van der Waals surface area contributed by atoms with Gasteiger partial charge in [-0.25, -0.2) is 0 Å². The van der Waals surface area contributed by atoms with Gasteiger partial charge < -0.3 is 10.6 Å². The van der Waals surface area contributed by atoms with Crippen molar-refractivity contribution < 1.29 is 4.79 Å². The topological polar surface area (TPSA) is 46.3 Å². The highest BCUT2D eigenvalue weighted by molar-refractivity contribution is 5.88. The Kier molecular flexibility index (Phi) is 2.59. The molecule has 2 atom stereocenters. The molecular weight excluding hydrogens is 176 g/mol. The molecule has 0 spiro atoms. The fraction of sp³-hybridized carbons (Fsp3) is 0.727. The monoisotopic (exact) mass is 194 g/mol. The molecule has 0 saturated carbocycles. The summed E-state index contributed by atoms with van der Waals surface area (Å²) in [5, 5.41) is 0. The summed E-state index contributed by atoms with van der Waals surface area (Å²) in [4.78, 5) is 13.8. The first-order chi connectivity index (χ1) is 6.72. The van der Waals surface area contributed by atoms with Crippen LogP contribution >= 0.6 is 0 Å². The van der Waals surface area contributed by atoms with Crippen molar-refractivity contribution in [2.24, 2.45) is 5.73 Å². The van der Waals surface area contributed by atoms with Crippen LogP contribution in [0.15, 0.2) is 12.2 Å². The summed E-state index contributed by atoms with van der Waals surface area (Å²) >= 11 is 0. The van der Waals surface area contributed by atoms with E-state index in [1.807, 2.05) is 17.9 Å². The summed E-state index contributed by atoms with van der Waals surface area (Å²) in [6, 6.07) is 1.13. The SMILES string of the molecule is C/C=C/C(=O)N1C2CCC1CC(N)C2. The highest BCUT2D eigenvalue weighted by atomic mass is 16.2. The first-order valence-electron chi connectivity index (χ1n) is 5.43. The van der Waals surface area contributed by atoms with Crippen molar-refractivity contribution >= 4 is 5.91 Å². The molecule has 3 heteroatoms. The van der Waals surface area contributed by atoms with Crippen molar-refractivity contribution in [3.63, 3.8) is 0 Å². The zero-order valence-corrected chi connectivity index (χ0v) is 8.65. The summed E-state index contributed by atoms with van der Waals surface area (Å²) in [6.07, 6.45) is 7.74. The van der Waals surface area contributed by atoms with Gasteiger partial charge in [-0.2, -0.15) is 0 Å². The second-order valence-electron chi connectivity index (χ2n) is 4.36. The van der Waals surface area contributed by atoms with Crippen molar-refractivity contribution in [3.8, 4) is 0 Å². The lowest BCUT2D eigenvalue weighted by Crippen LogP contribution is -2.49. The number of hydrogen-bond donors (Lipinski definition) is 1. The lowest BCUT2D eigenvalue weighted by atomic mass is 9.98. The minimum absolute atomic E-state index is 0.173. The third kappa shape index (κ3) is 1.57. The lowest BCUT2D eigenvalue weighted by Gasteiger charge is -2.37. The highest BCUT2D eigenvalue weighted by Crippen LogP contribution is 2.35. The number of rotatable bonds is 1. The molecule has 3 nitrogen and oxygen atoms in total. The molecule has 2 N–H and O–H groups in total. The zero-order chi connectivity index (χ0) is 10.1. The standard InChI is InChI=1S/C11H18N2O/c1-2-3-11(14)13-9-4-5-10(13)7-8(12)6-9/h2-3,8-10H,4-7,12H2,1H3/b3-2+. The average Bonchev–Trinajstić information content (AvgIpc) is 2.39. The van der Waals surface area contributed by atoms with E-state index >= 15 is 0 Å². The van der Waals surface area contributed by atoms with E-state index in [9.17, 15) is 4.79 Å². The molecule has 2 aliphatic heterocycles. The molecule has 0 aliphatic carbocycles. The van der Waals surface area contributed by atoms with Crippen LogP contribution in [0.3, 0.4) is 0 Å². The van der Waals surface area contributed by atoms with Crippen LogP contribution < -0.4 is 5.73 Å². The summed E-state index contributed by atoms with van der Waals surface area (Å²) in [7, 11) is 0. The van der Waals surface area contributed by atoms with Gasteiger partial charge in [0.1, 0.15) is 0 Å². The van der Waals surface area contributed by atoms with E-state index in [1.165, 1.54) is 0 Å². The number of piperidine rings is 1. The van der Waals surface area contributed by atoms with Crippen molar-refractivity contribution in [2.45, 2.75) is 50.7 Å². The summed E-state index contributed by atoms with van der Waals surface area (Å²) in [5.41, 5.74) is 5.94. The van der Waals surface area contributed by atoms with Crippen LogP contribution in [0.1, 0.15) is 32.6 Å². The third-order valence-electron chi connectivity index (χ3n) is 3.33. The van der Waals surface area contributed by atoms with E-state index in [4.69, 9.17) is 5.73 Å². The maximum absolute atomic E-state index is 11.8. The fourth-order valence-corrected chi connectivity index (χ4v) is 2.81. The zero-order valence-electron chi connectivity index (χ0n) is 8.65. The smallest absolute Gasteiger partial charge is 0.246 e. The molecule has 2 saturated heterocycles. The molecule has 2 heterocycles. The Morgan fingerprint density at radius 3 is 2.43 bits per heavy atom. The Bertz CT molecular complexity index is 248. The third-order valence-corrected chi connectivity index (χ3v) is 3.33. The second-order valence-corrected chi connectivity index (χ2v) is 4.36. The van der Waals surface area contributed by atoms with E-state index in [-0.39, 0.29) is 5.91 Å². The Hall–Kier alpha value is -0.830. The molecule has 14 heavy (non-hydrogen) atoms. The van der Waals surface area contributed by atoms with Crippen LogP contribution in [0, 0.1) is 0 Å². The summed E-state index contributed by atoms with van der Waals surface area (Å²) in [5.74, 6) is 0.173. The van der Waals surface area contributed by atoms with E-state index in [0.717, 1.165) is 25.7 Å². The van der Waals surface area contributed by atoms with Crippen LogP contribution in [0.2, 0.25) is 0 Å². The van der Waals surface area contributed by atoms with E-state index in [1.54, 1.807) is 6.08 Å². The lowest BCUT2D eigenvalue weighted by molar-refractivity contribution is -0.130. The predicted molar refractivity (Wildman–Crippen MR) is 55.7 cm³/mol. The molecule has 0 radical (unpaired) electrons. The van der Waals surface area contributed by atoms with Crippen molar-refractivity contribution in [1.29, 1.82) is 0 Å². The Labute approximate surface area is 84.9 Å². The van der Waals surface area contributed by atoms with Crippen LogP contribution in [-0.4, -0.2) is 28.9 Å². The van der Waals surface area contributed by atoms with Crippen molar-refractivity contribution in [3.05, 3.63) is 12.2 Å². The van der Waals surface area contributed by atoms with Gasteiger partial charge >= 0.3 is 0 Å². The van der Waals surface area contributed by atoms with Gasteiger partial charge in [-0.05, 0) is 38.7 Å². The normalized spacial score (nSPS) is 36.7. The number of nitrogens with two attached hydrogens (primary N) is 1. The number of carbonyl (C=O) groups is 1. The van der Waals surface area contributed by atoms with E-state index in [2.05, 4.69) is 0 Å². The molecule has 2 rings (SSSR count). The molecule has 78 valence electrons. The molecule has 0 aromatic rings.